The SMILES string of the molecule is CC(C)c1nc(-c2ccccc2NC(=O)c2nccnc2N)n[nH]1. The van der Waals surface area contributed by atoms with E-state index >= 15 is 0 Å². The number of carbonyl (C=O) groups excluding carboxylic acids is 1. The summed E-state index contributed by atoms with van der Waals surface area (Å²) in [5.74, 6) is 1.17. The van der Waals surface area contributed by atoms with E-state index in [9.17, 15) is 4.79 Å². The predicted octanol–water partition coefficient (Wildman–Crippen LogP) is 2.22. The Balaban J connectivity index is 1.92. The Morgan fingerprint density at radius 1 is 1.21 bits per heavy atom. The molecule has 2 aromatic heterocycles. The minimum absolute atomic E-state index is 0.0742. The number of aromatic nitrogens is 5. The molecule has 0 atom stereocenters. The van der Waals surface area contributed by atoms with E-state index in [1.54, 1.807) is 6.07 Å². The lowest BCUT2D eigenvalue weighted by molar-refractivity contribution is 0.102. The fraction of sp³-hybridized carbons (Fsp3) is 0.188. The molecule has 24 heavy (non-hydrogen) atoms. The molecule has 0 aliphatic heterocycles. The van der Waals surface area contributed by atoms with Gasteiger partial charge in [0.05, 0.1) is 5.69 Å². The summed E-state index contributed by atoms with van der Waals surface area (Å²) in [6, 6.07) is 7.27. The van der Waals surface area contributed by atoms with Crippen LogP contribution >= 0.6 is 0 Å². The number of nitrogens with one attached hydrogen (secondary N) is 2. The first-order chi connectivity index (χ1) is 11.6. The monoisotopic (exact) mass is 323 g/mol. The van der Waals surface area contributed by atoms with Crippen molar-refractivity contribution in [1.29, 1.82) is 0 Å². The lowest BCUT2D eigenvalue weighted by atomic mass is 10.1. The average molecular weight is 323 g/mol. The first kappa shape index (κ1) is 15.6. The van der Waals surface area contributed by atoms with Crippen molar-refractivity contribution in [2.24, 2.45) is 0 Å². The highest BCUT2D eigenvalue weighted by molar-refractivity contribution is 6.07. The van der Waals surface area contributed by atoms with Gasteiger partial charge < -0.3 is 11.1 Å². The number of nitrogen functional groups attached to an aromatic ring is 1. The molecule has 0 fully saturated rings. The molecule has 0 spiro atoms. The van der Waals surface area contributed by atoms with Gasteiger partial charge in [-0.15, -0.1) is 0 Å². The van der Waals surface area contributed by atoms with Crippen LogP contribution in [-0.4, -0.2) is 31.1 Å². The highest BCUT2D eigenvalue weighted by Crippen LogP contribution is 2.26. The lowest BCUT2D eigenvalue weighted by Gasteiger charge is -2.09. The minimum Gasteiger partial charge on any atom is -0.382 e. The van der Waals surface area contributed by atoms with Gasteiger partial charge in [-0.3, -0.25) is 9.89 Å². The number of rotatable bonds is 4. The van der Waals surface area contributed by atoms with Gasteiger partial charge >= 0.3 is 0 Å². The molecule has 3 aromatic rings. The van der Waals surface area contributed by atoms with Crippen LogP contribution in [0.1, 0.15) is 36.1 Å². The summed E-state index contributed by atoms with van der Waals surface area (Å²) < 4.78 is 0. The number of H-pyrrole nitrogens is 1. The molecule has 0 bridgehead atoms. The summed E-state index contributed by atoms with van der Waals surface area (Å²) >= 11 is 0. The molecular weight excluding hydrogens is 306 g/mol. The second-order valence-electron chi connectivity index (χ2n) is 5.49. The Labute approximate surface area is 138 Å². The summed E-state index contributed by atoms with van der Waals surface area (Å²) in [6.07, 6.45) is 2.85. The van der Waals surface area contributed by atoms with Gasteiger partial charge in [0.25, 0.3) is 5.91 Å². The maximum Gasteiger partial charge on any atom is 0.278 e. The van der Waals surface area contributed by atoms with Crippen molar-refractivity contribution in [3.05, 3.63) is 48.2 Å². The zero-order valence-electron chi connectivity index (χ0n) is 13.3. The van der Waals surface area contributed by atoms with E-state index in [0.29, 0.717) is 17.1 Å². The second kappa shape index (κ2) is 6.45. The van der Waals surface area contributed by atoms with E-state index < -0.39 is 5.91 Å². The number of aromatic amines is 1. The van der Waals surface area contributed by atoms with Gasteiger partial charge in [0.15, 0.2) is 17.3 Å². The largest absolute Gasteiger partial charge is 0.382 e. The Morgan fingerprint density at radius 2 is 1.96 bits per heavy atom. The summed E-state index contributed by atoms with van der Waals surface area (Å²) in [7, 11) is 0. The van der Waals surface area contributed by atoms with E-state index in [0.717, 1.165) is 5.82 Å². The van der Waals surface area contributed by atoms with E-state index in [1.807, 2.05) is 32.0 Å². The molecule has 0 radical (unpaired) electrons. The molecule has 2 heterocycles. The van der Waals surface area contributed by atoms with Gasteiger partial charge in [0.1, 0.15) is 5.82 Å². The summed E-state index contributed by atoms with van der Waals surface area (Å²) in [4.78, 5) is 24.7. The van der Waals surface area contributed by atoms with E-state index in [4.69, 9.17) is 5.73 Å². The zero-order chi connectivity index (χ0) is 17.1. The van der Waals surface area contributed by atoms with Gasteiger partial charge in [-0.2, -0.15) is 5.10 Å². The zero-order valence-corrected chi connectivity index (χ0v) is 13.3. The maximum atomic E-state index is 12.4. The number of para-hydroxylation sites is 1. The molecule has 1 aromatic carbocycles. The van der Waals surface area contributed by atoms with Crippen molar-refractivity contribution in [3.63, 3.8) is 0 Å². The number of benzene rings is 1. The first-order valence-corrected chi connectivity index (χ1v) is 7.45. The molecule has 3 rings (SSSR count). The number of carbonyl (C=O) groups is 1. The fourth-order valence-corrected chi connectivity index (χ4v) is 2.15. The third-order valence-electron chi connectivity index (χ3n) is 3.41. The maximum absolute atomic E-state index is 12.4. The van der Waals surface area contributed by atoms with Crippen LogP contribution in [0, 0.1) is 0 Å². The van der Waals surface area contributed by atoms with Crippen molar-refractivity contribution < 1.29 is 4.79 Å². The van der Waals surface area contributed by atoms with E-state index in [2.05, 4.69) is 30.5 Å². The minimum atomic E-state index is -0.437. The van der Waals surface area contributed by atoms with Crippen LogP contribution in [0.4, 0.5) is 11.5 Å². The normalized spacial score (nSPS) is 10.8. The Kier molecular flexibility index (Phi) is 4.19. The smallest absolute Gasteiger partial charge is 0.278 e. The molecule has 0 aliphatic rings. The molecule has 0 aliphatic carbocycles. The molecule has 0 saturated heterocycles. The van der Waals surface area contributed by atoms with Crippen molar-refractivity contribution in [1.82, 2.24) is 25.1 Å². The molecule has 122 valence electrons. The third-order valence-corrected chi connectivity index (χ3v) is 3.41. The number of hydrogen-bond donors (Lipinski definition) is 3. The predicted molar refractivity (Wildman–Crippen MR) is 90.3 cm³/mol. The summed E-state index contributed by atoms with van der Waals surface area (Å²) in [5.41, 5.74) is 7.05. The van der Waals surface area contributed by atoms with Crippen molar-refractivity contribution in [3.8, 4) is 11.4 Å². The number of nitrogens with zero attached hydrogens (tertiary/aromatic N) is 4. The van der Waals surface area contributed by atoms with Crippen LogP contribution in [0.2, 0.25) is 0 Å². The van der Waals surface area contributed by atoms with Crippen LogP contribution < -0.4 is 11.1 Å². The van der Waals surface area contributed by atoms with Crippen molar-refractivity contribution in [2.75, 3.05) is 11.1 Å². The van der Waals surface area contributed by atoms with Crippen molar-refractivity contribution in [2.45, 2.75) is 19.8 Å². The van der Waals surface area contributed by atoms with Crippen LogP contribution in [0.15, 0.2) is 36.7 Å². The number of hydrogen-bond acceptors (Lipinski definition) is 6. The van der Waals surface area contributed by atoms with Gasteiger partial charge in [-0.25, -0.2) is 15.0 Å². The van der Waals surface area contributed by atoms with E-state index in [1.165, 1.54) is 12.4 Å². The third kappa shape index (κ3) is 3.07. The molecule has 8 heteroatoms. The van der Waals surface area contributed by atoms with Gasteiger partial charge in [0, 0.05) is 23.9 Å². The van der Waals surface area contributed by atoms with E-state index in [-0.39, 0.29) is 17.4 Å². The summed E-state index contributed by atoms with van der Waals surface area (Å²) in [6.45, 7) is 4.05. The number of amides is 1. The van der Waals surface area contributed by atoms with Crippen LogP contribution in [0.3, 0.4) is 0 Å². The Hall–Kier alpha value is -3.29. The Bertz CT molecular complexity index is 872. The molecule has 0 saturated carbocycles. The highest BCUT2D eigenvalue weighted by atomic mass is 16.1. The number of anilines is 2. The highest BCUT2D eigenvalue weighted by Gasteiger charge is 2.16. The molecule has 0 unspecified atom stereocenters. The lowest BCUT2D eigenvalue weighted by Crippen LogP contribution is -2.17. The van der Waals surface area contributed by atoms with Crippen molar-refractivity contribution >= 4 is 17.4 Å². The van der Waals surface area contributed by atoms with Gasteiger partial charge in [-0.05, 0) is 12.1 Å². The average Bonchev–Trinajstić information content (AvgIpc) is 3.06. The standard InChI is InChI=1S/C16H17N7O/c1-9(2)14-21-15(23-22-14)10-5-3-4-6-11(10)20-16(24)12-13(17)19-8-7-18-12/h3-9H,1-2H3,(H2,17,19)(H,20,24)(H,21,22,23). The first-order valence-electron chi connectivity index (χ1n) is 7.45. The van der Waals surface area contributed by atoms with Crippen LogP contribution in [0.25, 0.3) is 11.4 Å². The van der Waals surface area contributed by atoms with Crippen LogP contribution in [0.5, 0.6) is 0 Å². The number of nitrogens with two attached hydrogens (primary N) is 1. The topological polar surface area (TPSA) is 122 Å². The quantitative estimate of drug-likeness (QED) is 0.676. The van der Waals surface area contributed by atoms with Crippen LogP contribution in [-0.2, 0) is 0 Å². The second-order valence-corrected chi connectivity index (χ2v) is 5.49. The summed E-state index contributed by atoms with van der Waals surface area (Å²) in [5, 5.41) is 9.92. The van der Waals surface area contributed by atoms with Gasteiger partial charge in [0.2, 0.25) is 0 Å². The molecule has 8 nitrogen and oxygen atoms in total. The Morgan fingerprint density at radius 3 is 2.67 bits per heavy atom. The fourth-order valence-electron chi connectivity index (χ4n) is 2.15. The molecule has 4 N–H and O–H groups in total. The van der Waals surface area contributed by atoms with Gasteiger partial charge in [-0.1, -0.05) is 26.0 Å². The molecular formula is C16H17N7O. The molecule has 1 amide bonds.